The Morgan fingerprint density at radius 1 is 1.28 bits per heavy atom. The number of halogens is 1. The van der Waals surface area contributed by atoms with Crippen molar-refractivity contribution in [3.63, 3.8) is 0 Å². The Hall–Kier alpha value is -2.48. The molecule has 1 heterocycles. The largest absolute Gasteiger partial charge is 0.352 e. The SMILES string of the molecule is CCCNC(=O)c1cc(NC(=O)NCCN2CCNC2=O)ccc1Cl. The minimum atomic E-state index is -0.415. The Balaban J connectivity index is 1.85. The number of hydrogen-bond donors (Lipinski definition) is 4. The fourth-order valence-corrected chi connectivity index (χ4v) is 2.52. The highest BCUT2D eigenvalue weighted by Gasteiger charge is 2.18. The van der Waals surface area contributed by atoms with Gasteiger partial charge >= 0.3 is 12.1 Å². The number of benzene rings is 1. The van der Waals surface area contributed by atoms with Gasteiger partial charge in [0, 0.05) is 38.4 Å². The molecule has 1 aliphatic heterocycles. The Bertz CT molecular complexity index is 653. The van der Waals surface area contributed by atoms with Crippen molar-refractivity contribution in [3.8, 4) is 0 Å². The van der Waals surface area contributed by atoms with Gasteiger partial charge in [0.15, 0.2) is 0 Å². The number of carbonyl (C=O) groups is 3. The summed E-state index contributed by atoms with van der Waals surface area (Å²) in [5.74, 6) is -0.282. The molecule has 0 unspecified atom stereocenters. The molecule has 0 saturated carbocycles. The first kappa shape index (κ1) is 18.9. The van der Waals surface area contributed by atoms with Crippen LogP contribution in [0.15, 0.2) is 18.2 Å². The number of nitrogens with one attached hydrogen (secondary N) is 4. The fourth-order valence-electron chi connectivity index (χ4n) is 2.31. The van der Waals surface area contributed by atoms with E-state index in [2.05, 4.69) is 21.3 Å². The van der Waals surface area contributed by atoms with E-state index in [9.17, 15) is 14.4 Å². The first-order valence-corrected chi connectivity index (χ1v) is 8.54. The summed E-state index contributed by atoms with van der Waals surface area (Å²) in [4.78, 5) is 37.0. The van der Waals surface area contributed by atoms with Crippen molar-refractivity contribution in [2.24, 2.45) is 0 Å². The lowest BCUT2D eigenvalue weighted by Gasteiger charge is -2.15. The first-order valence-electron chi connectivity index (χ1n) is 8.16. The average molecular weight is 368 g/mol. The molecule has 136 valence electrons. The summed E-state index contributed by atoms with van der Waals surface area (Å²) < 4.78 is 0. The van der Waals surface area contributed by atoms with Crippen LogP contribution in [0.2, 0.25) is 5.02 Å². The quantitative estimate of drug-likeness (QED) is 0.589. The first-order chi connectivity index (χ1) is 12.0. The maximum Gasteiger partial charge on any atom is 0.319 e. The number of rotatable bonds is 7. The summed E-state index contributed by atoms with van der Waals surface area (Å²) in [5.41, 5.74) is 0.768. The van der Waals surface area contributed by atoms with E-state index in [1.807, 2.05) is 6.92 Å². The van der Waals surface area contributed by atoms with Crippen molar-refractivity contribution in [1.82, 2.24) is 20.9 Å². The van der Waals surface area contributed by atoms with Crippen LogP contribution in [-0.4, -0.2) is 55.6 Å². The lowest BCUT2D eigenvalue weighted by molar-refractivity contribution is 0.0953. The standard InChI is InChI=1S/C16H22ClN5O3/c1-2-5-18-14(23)12-10-11(3-4-13(12)17)21-15(24)19-6-8-22-9-7-20-16(22)25/h3-4,10H,2,5-9H2,1H3,(H,18,23)(H,20,25)(H2,19,21,24). The number of hydrogen-bond acceptors (Lipinski definition) is 3. The van der Waals surface area contributed by atoms with Crippen LogP contribution in [0.1, 0.15) is 23.7 Å². The molecular weight excluding hydrogens is 346 g/mol. The van der Waals surface area contributed by atoms with Gasteiger partial charge in [0.25, 0.3) is 5.91 Å². The molecule has 2 rings (SSSR count). The van der Waals surface area contributed by atoms with E-state index >= 15 is 0 Å². The Labute approximate surface area is 151 Å². The molecule has 25 heavy (non-hydrogen) atoms. The summed E-state index contributed by atoms with van der Waals surface area (Å²) in [6.07, 6.45) is 0.818. The van der Waals surface area contributed by atoms with Crippen molar-refractivity contribution in [2.45, 2.75) is 13.3 Å². The second kappa shape index (κ2) is 9.12. The van der Waals surface area contributed by atoms with Gasteiger partial charge in [-0.05, 0) is 24.6 Å². The molecule has 9 heteroatoms. The maximum atomic E-state index is 12.0. The molecule has 8 nitrogen and oxygen atoms in total. The van der Waals surface area contributed by atoms with Gasteiger partial charge in [0.2, 0.25) is 0 Å². The van der Waals surface area contributed by atoms with Crippen LogP contribution in [0.3, 0.4) is 0 Å². The van der Waals surface area contributed by atoms with Crippen LogP contribution < -0.4 is 21.3 Å². The van der Waals surface area contributed by atoms with Crippen molar-refractivity contribution < 1.29 is 14.4 Å². The topological polar surface area (TPSA) is 103 Å². The van der Waals surface area contributed by atoms with E-state index in [0.29, 0.717) is 49.0 Å². The minimum Gasteiger partial charge on any atom is -0.352 e. The summed E-state index contributed by atoms with van der Waals surface area (Å²) in [6.45, 7) is 4.53. The molecule has 0 atom stereocenters. The van der Waals surface area contributed by atoms with E-state index in [4.69, 9.17) is 11.6 Å². The van der Waals surface area contributed by atoms with E-state index in [-0.39, 0.29) is 11.9 Å². The van der Waals surface area contributed by atoms with Crippen LogP contribution in [0.4, 0.5) is 15.3 Å². The number of urea groups is 2. The van der Waals surface area contributed by atoms with Crippen LogP contribution in [0.5, 0.6) is 0 Å². The Morgan fingerprint density at radius 2 is 2.08 bits per heavy atom. The molecular formula is C16H22ClN5O3. The molecule has 4 N–H and O–H groups in total. The van der Waals surface area contributed by atoms with E-state index in [0.717, 1.165) is 6.42 Å². The zero-order chi connectivity index (χ0) is 18.2. The lowest BCUT2D eigenvalue weighted by Crippen LogP contribution is -2.38. The predicted molar refractivity (Wildman–Crippen MR) is 96.1 cm³/mol. The third-order valence-electron chi connectivity index (χ3n) is 3.62. The Kier molecular flexibility index (Phi) is 6.88. The predicted octanol–water partition coefficient (Wildman–Crippen LogP) is 1.63. The normalized spacial score (nSPS) is 13.4. The van der Waals surface area contributed by atoms with Gasteiger partial charge in [-0.15, -0.1) is 0 Å². The molecule has 0 bridgehead atoms. The molecule has 0 aromatic heterocycles. The average Bonchev–Trinajstić information content (AvgIpc) is 2.99. The molecule has 0 radical (unpaired) electrons. The van der Waals surface area contributed by atoms with Crippen LogP contribution >= 0.6 is 11.6 Å². The zero-order valence-electron chi connectivity index (χ0n) is 14.0. The molecule has 1 aromatic rings. The summed E-state index contributed by atoms with van der Waals surface area (Å²) in [7, 11) is 0. The highest BCUT2D eigenvalue weighted by atomic mass is 35.5. The molecule has 1 saturated heterocycles. The Morgan fingerprint density at radius 3 is 2.76 bits per heavy atom. The van der Waals surface area contributed by atoms with Gasteiger partial charge in [0.05, 0.1) is 10.6 Å². The summed E-state index contributed by atoms with van der Waals surface area (Å²) in [6, 6.07) is 4.17. The number of anilines is 1. The highest BCUT2D eigenvalue weighted by Crippen LogP contribution is 2.20. The van der Waals surface area contributed by atoms with Crippen molar-refractivity contribution in [3.05, 3.63) is 28.8 Å². The van der Waals surface area contributed by atoms with Gasteiger partial charge in [-0.2, -0.15) is 0 Å². The van der Waals surface area contributed by atoms with Gasteiger partial charge in [0.1, 0.15) is 0 Å². The summed E-state index contributed by atoms with van der Waals surface area (Å²) in [5, 5.41) is 11.1. The molecule has 5 amide bonds. The molecule has 0 aliphatic carbocycles. The molecule has 0 spiro atoms. The zero-order valence-corrected chi connectivity index (χ0v) is 14.8. The molecule has 1 aliphatic rings. The van der Waals surface area contributed by atoms with Gasteiger partial charge < -0.3 is 26.2 Å². The minimum absolute atomic E-state index is 0.123. The second-order valence-electron chi connectivity index (χ2n) is 5.55. The molecule has 1 fully saturated rings. The van der Waals surface area contributed by atoms with E-state index in [1.165, 1.54) is 6.07 Å². The maximum absolute atomic E-state index is 12.0. The monoisotopic (exact) mass is 367 g/mol. The van der Waals surface area contributed by atoms with Crippen molar-refractivity contribution in [1.29, 1.82) is 0 Å². The second-order valence-corrected chi connectivity index (χ2v) is 5.96. The number of carbonyl (C=O) groups excluding carboxylic acids is 3. The van der Waals surface area contributed by atoms with Crippen molar-refractivity contribution >= 4 is 35.3 Å². The molecule has 1 aromatic carbocycles. The van der Waals surface area contributed by atoms with Gasteiger partial charge in [-0.3, -0.25) is 4.79 Å². The number of nitrogens with zero attached hydrogens (tertiary/aromatic N) is 1. The van der Waals surface area contributed by atoms with Gasteiger partial charge in [-0.1, -0.05) is 18.5 Å². The smallest absolute Gasteiger partial charge is 0.319 e. The summed E-state index contributed by atoms with van der Waals surface area (Å²) >= 11 is 6.04. The van der Waals surface area contributed by atoms with Crippen LogP contribution in [0.25, 0.3) is 0 Å². The third kappa shape index (κ3) is 5.53. The highest BCUT2D eigenvalue weighted by molar-refractivity contribution is 6.34. The lowest BCUT2D eigenvalue weighted by atomic mass is 10.2. The number of amides is 5. The van der Waals surface area contributed by atoms with Crippen LogP contribution in [-0.2, 0) is 0 Å². The fraction of sp³-hybridized carbons (Fsp3) is 0.438. The van der Waals surface area contributed by atoms with Crippen molar-refractivity contribution in [2.75, 3.05) is 38.0 Å². The van der Waals surface area contributed by atoms with Gasteiger partial charge in [-0.25, -0.2) is 9.59 Å². The van der Waals surface area contributed by atoms with E-state index < -0.39 is 6.03 Å². The third-order valence-corrected chi connectivity index (χ3v) is 3.95. The van der Waals surface area contributed by atoms with E-state index in [1.54, 1.807) is 17.0 Å². The van der Waals surface area contributed by atoms with Crippen LogP contribution in [0, 0.1) is 0 Å².